The van der Waals surface area contributed by atoms with Gasteiger partial charge < -0.3 is 10.1 Å². The number of hydrogen-bond acceptors (Lipinski definition) is 8. The molecule has 5 rings (SSSR count). The zero-order valence-corrected chi connectivity index (χ0v) is 17.2. The number of carbonyl (C=O) groups excluding carboxylic acids is 1. The molecule has 0 radical (unpaired) electrons. The van der Waals surface area contributed by atoms with Crippen LogP contribution in [-0.2, 0) is 9.53 Å². The second-order valence-corrected chi connectivity index (χ2v) is 8.26. The molecule has 0 bridgehead atoms. The maximum Gasteiger partial charge on any atom is 0.229 e. The molecule has 1 fully saturated rings. The van der Waals surface area contributed by atoms with Crippen molar-refractivity contribution < 1.29 is 9.53 Å². The number of nitrogens with one attached hydrogen (secondary N) is 1. The van der Waals surface area contributed by atoms with Gasteiger partial charge in [-0.1, -0.05) is 6.92 Å². The van der Waals surface area contributed by atoms with Gasteiger partial charge in [-0.05, 0) is 43.4 Å². The number of fused-ring (bicyclic) bond motifs is 2. The lowest BCUT2D eigenvalue weighted by Crippen LogP contribution is -2.47. The molecule has 1 unspecified atom stereocenters. The minimum atomic E-state index is 0.113. The van der Waals surface area contributed by atoms with E-state index >= 15 is 0 Å². The molecule has 1 saturated heterocycles. The molecule has 150 valence electrons. The number of amides is 1. The minimum absolute atomic E-state index is 0.113. The normalized spacial score (nSPS) is 20.1. The molecule has 29 heavy (non-hydrogen) atoms. The van der Waals surface area contributed by atoms with Crippen molar-refractivity contribution in [2.45, 2.75) is 45.1 Å². The third kappa shape index (κ3) is 3.34. The molecular weight excluding hydrogens is 388 g/mol. The van der Waals surface area contributed by atoms with Crippen LogP contribution in [0.5, 0.6) is 0 Å². The van der Waals surface area contributed by atoms with Crippen LogP contribution in [-0.4, -0.2) is 43.9 Å². The van der Waals surface area contributed by atoms with Crippen molar-refractivity contribution >= 4 is 46.1 Å². The monoisotopic (exact) mass is 410 g/mol. The lowest BCUT2D eigenvalue weighted by atomic mass is 9.92. The predicted molar refractivity (Wildman–Crippen MR) is 112 cm³/mol. The molecule has 1 amide bonds. The summed E-state index contributed by atoms with van der Waals surface area (Å²) in [5.74, 6) is 1.45. The van der Waals surface area contributed by atoms with E-state index in [1.165, 1.54) is 11.7 Å². The first kappa shape index (κ1) is 18.4. The maximum absolute atomic E-state index is 12.9. The standard InChI is InChI=1S/C20H22N6O2S/c1-11-8-18(27)26(13-3-5-28-6-4-13)19-14(11)10-21-20(23-19)22-15-9-17-16(7-12(15)2)24-29-25-17/h7,9-11,13H,3-6,8H2,1-2H3,(H,21,22,23). The fourth-order valence-electron chi connectivity index (χ4n) is 4.08. The van der Waals surface area contributed by atoms with Gasteiger partial charge in [0.25, 0.3) is 0 Å². The molecule has 1 aromatic carbocycles. The molecule has 2 aliphatic heterocycles. The smallest absolute Gasteiger partial charge is 0.229 e. The van der Waals surface area contributed by atoms with E-state index in [0.717, 1.165) is 46.5 Å². The Morgan fingerprint density at radius 3 is 2.76 bits per heavy atom. The van der Waals surface area contributed by atoms with Crippen LogP contribution in [0.25, 0.3) is 11.0 Å². The van der Waals surface area contributed by atoms with Gasteiger partial charge >= 0.3 is 0 Å². The number of aryl methyl sites for hydroxylation is 1. The van der Waals surface area contributed by atoms with E-state index in [1.54, 1.807) is 0 Å². The van der Waals surface area contributed by atoms with Crippen molar-refractivity contribution in [3.8, 4) is 0 Å². The Labute approximate surface area is 172 Å². The Morgan fingerprint density at radius 2 is 1.97 bits per heavy atom. The molecule has 0 aliphatic carbocycles. The molecule has 3 aromatic rings. The third-order valence-corrected chi connectivity index (χ3v) is 6.26. The van der Waals surface area contributed by atoms with E-state index in [-0.39, 0.29) is 17.9 Å². The van der Waals surface area contributed by atoms with Crippen LogP contribution in [0.1, 0.15) is 43.2 Å². The van der Waals surface area contributed by atoms with E-state index < -0.39 is 0 Å². The van der Waals surface area contributed by atoms with Crippen LogP contribution in [0.15, 0.2) is 18.3 Å². The number of benzene rings is 1. The predicted octanol–water partition coefficient (Wildman–Crippen LogP) is 3.55. The minimum Gasteiger partial charge on any atom is -0.381 e. The number of rotatable bonds is 3. The molecule has 2 aromatic heterocycles. The van der Waals surface area contributed by atoms with Crippen molar-refractivity contribution in [1.29, 1.82) is 0 Å². The molecule has 1 atom stereocenters. The lowest BCUT2D eigenvalue weighted by Gasteiger charge is -2.38. The van der Waals surface area contributed by atoms with Crippen molar-refractivity contribution in [3.63, 3.8) is 0 Å². The van der Waals surface area contributed by atoms with Crippen molar-refractivity contribution in [1.82, 2.24) is 18.7 Å². The van der Waals surface area contributed by atoms with E-state index in [9.17, 15) is 4.79 Å². The molecule has 9 heteroatoms. The molecule has 2 aliphatic rings. The molecule has 0 spiro atoms. The van der Waals surface area contributed by atoms with Crippen molar-refractivity contribution in [2.24, 2.45) is 0 Å². The van der Waals surface area contributed by atoms with Gasteiger partial charge in [0.15, 0.2) is 0 Å². The van der Waals surface area contributed by atoms with E-state index in [4.69, 9.17) is 9.72 Å². The highest BCUT2D eigenvalue weighted by Gasteiger charge is 2.36. The summed E-state index contributed by atoms with van der Waals surface area (Å²) in [7, 11) is 0. The average Bonchev–Trinajstić information content (AvgIpc) is 3.16. The van der Waals surface area contributed by atoms with Gasteiger partial charge in [-0.2, -0.15) is 13.7 Å². The Balaban J connectivity index is 1.51. The fourth-order valence-corrected chi connectivity index (χ4v) is 4.59. The summed E-state index contributed by atoms with van der Waals surface area (Å²) in [4.78, 5) is 24.1. The van der Waals surface area contributed by atoms with Gasteiger partial charge in [0.2, 0.25) is 11.9 Å². The summed E-state index contributed by atoms with van der Waals surface area (Å²) in [6, 6.07) is 4.09. The van der Waals surface area contributed by atoms with E-state index in [2.05, 4.69) is 26.0 Å². The quantitative estimate of drug-likeness (QED) is 0.706. The topological polar surface area (TPSA) is 93.1 Å². The van der Waals surface area contributed by atoms with Crippen LogP contribution in [0, 0.1) is 6.92 Å². The van der Waals surface area contributed by atoms with Gasteiger partial charge in [-0.3, -0.25) is 9.69 Å². The average molecular weight is 411 g/mol. The first-order chi connectivity index (χ1) is 14.1. The molecular formula is C20H22N6O2S. The fraction of sp³-hybridized carbons (Fsp3) is 0.450. The van der Waals surface area contributed by atoms with Crippen LogP contribution >= 0.6 is 11.7 Å². The Morgan fingerprint density at radius 1 is 1.21 bits per heavy atom. The third-order valence-electron chi connectivity index (χ3n) is 5.71. The summed E-state index contributed by atoms with van der Waals surface area (Å²) in [6.07, 6.45) is 4.01. The summed E-state index contributed by atoms with van der Waals surface area (Å²) in [5, 5.41) is 3.31. The van der Waals surface area contributed by atoms with Crippen LogP contribution < -0.4 is 10.2 Å². The van der Waals surface area contributed by atoms with E-state index in [0.29, 0.717) is 25.6 Å². The number of aromatic nitrogens is 4. The summed E-state index contributed by atoms with van der Waals surface area (Å²) in [6.45, 7) is 5.42. The SMILES string of the molecule is Cc1cc2nsnc2cc1Nc1ncc2c(n1)N(C1CCOCC1)C(=O)CC2C. The highest BCUT2D eigenvalue weighted by Crippen LogP contribution is 2.37. The highest BCUT2D eigenvalue weighted by atomic mass is 32.1. The largest absolute Gasteiger partial charge is 0.381 e. The number of anilines is 3. The number of hydrogen-bond donors (Lipinski definition) is 1. The first-order valence-corrected chi connectivity index (χ1v) is 10.6. The van der Waals surface area contributed by atoms with Crippen LogP contribution in [0.4, 0.5) is 17.5 Å². The zero-order chi connectivity index (χ0) is 20.0. The number of nitrogens with zero attached hydrogens (tertiary/aromatic N) is 5. The first-order valence-electron chi connectivity index (χ1n) is 9.87. The van der Waals surface area contributed by atoms with Crippen LogP contribution in [0.2, 0.25) is 0 Å². The van der Waals surface area contributed by atoms with Crippen molar-refractivity contribution in [3.05, 3.63) is 29.5 Å². The molecule has 4 heterocycles. The lowest BCUT2D eigenvalue weighted by molar-refractivity contribution is -0.120. The van der Waals surface area contributed by atoms with Gasteiger partial charge in [0.1, 0.15) is 16.9 Å². The molecule has 0 saturated carbocycles. The Hall–Kier alpha value is -2.65. The summed E-state index contributed by atoms with van der Waals surface area (Å²) in [5.41, 5.74) is 4.68. The van der Waals surface area contributed by atoms with Gasteiger partial charge in [-0.15, -0.1) is 0 Å². The zero-order valence-electron chi connectivity index (χ0n) is 16.4. The van der Waals surface area contributed by atoms with Crippen LogP contribution in [0.3, 0.4) is 0 Å². The molecule has 1 N–H and O–H groups in total. The highest BCUT2D eigenvalue weighted by molar-refractivity contribution is 7.00. The number of ether oxygens (including phenoxy) is 1. The Kier molecular flexibility index (Phi) is 4.63. The maximum atomic E-state index is 12.9. The van der Waals surface area contributed by atoms with Crippen molar-refractivity contribution in [2.75, 3.05) is 23.4 Å². The van der Waals surface area contributed by atoms with E-state index in [1.807, 2.05) is 30.2 Å². The number of carbonyl (C=O) groups is 1. The molecule has 8 nitrogen and oxygen atoms in total. The van der Waals surface area contributed by atoms with Gasteiger partial charge in [0.05, 0.1) is 11.7 Å². The summed E-state index contributed by atoms with van der Waals surface area (Å²) >= 11 is 1.20. The Bertz CT molecular complexity index is 1080. The second kappa shape index (κ2) is 7.31. The van der Waals surface area contributed by atoms with Gasteiger partial charge in [0, 0.05) is 43.1 Å². The van der Waals surface area contributed by atoms with Gasteiger partial charge in [-0.25, -0.2) is 4.98 Å². The summed E-state index contributed by atoms with van der Waals surface area (Å²) < 4.78 is 14.1. The second-order valence-electron chi connectivity index (χ2n) is 7.73.